The van der Waals surface area contributed by atoms with Crippen LogP contribution in [0.2, 0.25) is 0 Å². The third-order valence-corrected chi connectivity index (χ3v) is 4.44. The Morgan fingerprint density at radius 2 is 2.20 bits per heavy atom. The van der Waals surface area contributed by atoms with Crippen molar-refractivity contribution >= 4 is 5.91 Å². The molecule has 0 aliphatic heterocycles. The van der Waals surface area contributed by atoms with Crippen molar-refractivity contribution in [2.45, 2.75) is 59.1 Å². The Morgan fingerprint density at radius 3 is 2.80 bits per heavy atom. The fraction of sp³-hybridized carbons (Fsp3) is 0.688. The molecule has 0 spiro atoms. The summed E-state index contributed by atoms with van der Waals surface area (Å²) < 4.78 is 2.15. The minimum atomic E-state index is -0.184. The zero-order valence-electron chi connectivity index (χ0n) is 12.8. The van der Waals surface area contributed by atoms with Gasteiger partial charge in [-0.15, -0.1) is 0 Å². The highest BCUT2D eigenvalue weighted by atomic mass is 16.3. The summed E-state index contributed by atoms with van der Waals surface area (Å²) in [6.45, 7) is 7.68. The van der Waals surface area contributed by atoms with Crippen LogP contribution in [-0.2, 0) is 6.54 Å². The Balaban J connectivity index is 1.95. The average Bonchev–Trinajstić information content (AvgIpc) is 2.71. The van der Waals surface area contributed by atoms with Crippen molar-refractivity contribution in [3.8, 4) is 0 Å². The molecule has 1 heterocycles. The molecule has 1 aliphatic carbocycles. The minimum Gasteiger partial charge on any atom is -0.393 e. The molecule has 2 unspecified atom stereocenters. The van der Waals surface area contributed by atoms with Gasteiger partial charge in [0.05, 0.1) is 11.7 Å². The molecule has 1 amide bonds. The Kier molecular flexibility index (Phi) is 4.86. The zero-order chi connectivity index (χ0) is 14.7. The fourth-order valence-electron chi connectivity index (χ4n) is 3.30. The number of aliphatic hydroxyl groups excluding tert-OH is 1. The van der Waals surface area contributed by atoms with Crippen LogP contribution in [0, 0.1) is 19.8 Å². The van der Waals surface area contributed by atoms with E-state index in [0.717, 1.165) is 49.2 Å². The van der Waals surface area contributed by atoms with E-state index in [0.29, 0.717) is 12.5 Å². The van der Waals surface area contributed by atoms with Gasteiger partial charge in [-0.3, -0.25) is 4.79 Å². The van der Waals surface area contributed by atoms with Crippen molar-refractivity contribution in [3.05, 3.63) is 23.0 Å². The summed E-state index contributed by atoms with van der Waals surface area (Å²) in [4.78, 5) is 12.3. The smallest absolute Gasteiger partial charge is 0.253 e. The topological polar surface area (TPSA) is 54.3 Å². The standard InChI is InChI=1S/C16H26N2O2/c1-4-18-11(2)8-15(12(18)3)16(20)17-10-13-6-5-7-14(19)9-13/h8,13-14,19H,4-7,9-10H2,1-3H3,(H,17,20). The molecular weight excluding hydrogens is 252 g/mol. The minimum absolute atomic E-state index is 0.0119. The maximum atomic E-state index is 12.3. The first-order valence-electron chi connectivity index (χ1n) is 7.66. The maximum Gasteiger partial charge on any atom is 0.253 e. The van der Waals surface area contributed by atoms with E-state index in [9.17, 15) is 9.90 Å². The Hall–Kier alpha value is -1.29. The number of hydrogen-bond donors (Lipinski definition) is 2. The summed E-state index contributed by atoms with van der Waals surface area (Å²) in [6, 6.07) is 1.96. The maximum absolute atomic E-state index is 12.3. The van der Waals surface area contributed by atoms with Gasteiger partial charge in [0, 0.05) is 24.5 Å². The summed E-state index contributed by atoms with van der Waals surface area (Å²) >= 11 is 0. The first kappa shape index (κ1) is 15.1. The largest absolute Gasteiger partial charge is 0.393 e. The summed E-state index contributed by atoms with van der Waals surface area (Å²) in [5, 5.41) is 12.7. The number of nitrogens with zero attached hydrogens (tertiary/aromatic N) is 1. The first-order chi connectivity index (χ1) is 9.52. The second-order valence-corrected chi connectivity index (χ2v) is 5.93. The summed E-state index contributed by atoms with van der Waals surface area (Å²) in [6.07, 6.45) is 3.70. The molecule has 1 aliphatic rings. The molecule has 2 rings (SSSR count). The second kappa shape index (κ2) is 6.44. The Morgan fingerprint density at radius 1 is 1.45 bits per heavy atom. The lowest BCUT2D eigenvalue weighted by Crippen LogP contribution is -2.33. The van der Waals surface area contributed by atoms with Crippen LogP contribution in [-0.4, -0.2) is 28.2 Å². The van der Waals surface area contributed by atoms with E-state index in [-0.39, 0.29) is 12.0 Å². The van der Waals surface area contributed by atoms with Gasteiger partial charge in [-0.1, -0.05) is 6.42 Å². The highest BCUT2D eigenvalue weighted by Crippen LogP contribution is 2.23. The van der Waals surface area contributed by atoms with Crippen LogP contribution in [0.25, 0.3) is 0 Å². The normalized spacial score (nSPS) is 22.8. The molecule has 1 fully saturated rings. The number of hydrogen-bond acceptors (Lipinski definition) is 2. The lowest BCUT2D eigenvalue weighted by Gasteiger charge is -2.25. The predicted octanol–water partition coefficient (Wildman–Crippen LogP) is 2.41. The predicted molar refractivity (Wildman–Crippen MR) is 79.9 cm³/mol. The van der Waals surface area contributed by atoms with E-state index in [1.165, 1.54) is 0 Å². The molecule has 1 aromatic heterocycles. The van der Waals surface area contributed by atoms with Crippen LogP contribution in [0.5, 0.6) is 0 Å². The lowest BCUT2D eigenvalue weighted by molar-refractivity contribution is 0.0873. The molecule has 0 saturated heterocycles. The zero-order valence-corrected chi connectivity index (χ0v) is 12.8. The van der Waals surface area contributed by atoms with E-state index >= 15 is 0 Å². The third-order valence-electron chi connectivity index (χ3n) is 4.44. The quantitative estimate of drug-likeness (QED) is 0.888. The number of carbonyl (C=O) groups excluding carboxylic acids is 1. The molecule has 1 aromatic rings. The fourth-order valence-corrected chi connectivity index (χ4v) is 3.30. The summed E-state index contributed by atoms with van der Waals surface area (Å²) in [5.41, 5.74) is 2.94. The van der Waals surface area contributed by atoms with Gasteiger partial charge in [-0.2, -0.15) is 0 Å². The highest BCUT2D eigenvalue weighted by molar-refractivity contribution is 5.95. The number of aliphatic hydroxyl groups is 1. The van der Waals surface area contributed by atoms with Crippen molar-refractivity contribution in [2.24, 2.45) is 5.92 Å². The van der Waals surface area contributed by atoms with Gasteiger partial charge in [0.25, 0.3) is 5.91 Å². The number of amides is 1. The van der Waals surface area contributed by atoms with Gasteiger partial charge in [0.1, 0.15) is 0 Å². The van der Waals surface area contributed by atoms with Crippen LogP contribution in [0.15, 0.2) is 6.07 Å². The Bertz CT molecular complexity index is 479. The van der Waals surface area contributed by atoms with Gasteiger partial charge < -0.3 is 15.0 Å². The summed E-state index contributed by atoms with van der Waals surface area (Å²) in [5.74, 6) is 0.426. The molecule has 1 saturated carbocycles. The van der Waals surface area contributed by atoms with Crippen LogP contribution in [0.4, 0.5) is 0 Å². The van der Waals surface area contributed by atoms with Gasteiger partial charge in [0.2, 0.25) is 0 Å². The van der Waals surface area contributed by atoms with Crippen molar-refractivity contribution in [2.75, 3.05) is 6.54 Å². The van der Waals surface area contributed by atoms with Crippen LogP contribution in [0.3, 0.4) is 0 Å². The van der Waals surface area contributed by atoms with E-state index in [2.05, 4.69) is 16.8 Å². The van der Waals surface area contributed by atoms with Gasteiger partial charge in [-0.05, 0) is 52.0 Å². The van der Waals surface area contributed by atoms with Crippen molar-refractivity contribution in [1.82, 2.24) is 9.88 Å². The van der Waals surface area contributed by atoms with Crippen molar-refractivity contribution in [3.63, 3.8) is 0 Å². The molecule has 4 nitrogen and oxygen atoms in total. The number of nitrogens with one attached hydrogen (secondary N) is 1. The van der Waals surface area contributed by atoms with E-state index in [1.54, 1.807) is 0 Å². The molecule has 2 N–H and O–H groups in total. The lowest BCUT2D eigenvalue weighted by atomic mass is 9.87. The number of aromatic nitrogens is 1. The highest BCUT2D eigenvalue weighted by Gasteiger charge is 2.21. The molecule has 0 aromatic carbocycles. The number of rotatable bonds is 4. The molecule has 2 atom stereocenters. The SMILES string of the molecule is CCn1c(C)cc(C(=O)NCC2CCCC(O)C2)c1C. The van der Waals surface area contributed by atoms with Crippen LogP contribution >= 0.6 is 0 Å². The molecule has 112 valence electrons. The van der Waals surface area contributed by atoms with E-state index in [4.69, 9.17) is 0 Å². The van der Waals surface area contributed by atoms with Crippen molar-refractivity contribution < 1.29 is 9.90 Å². The van der Waals surface area contributed by atoms with Gasteiger partial charge >= 0.3 is 0 Å². The third kappa shape index (κ3) is 3.23. The molecule has 4 heteroatoms. The monoisotopic (exact) mass is 278 g/mol. The summed E-state index contributed by atoms with van der Waals surface area (Å²) in [7, 11) is 0. The average molecular weight is 278 g/mol. The van der Waals surface area contributed by atoms with E-state index in [1.807, 2.05) is 19.9 Å². The van der Waals surface area contributed by atoms with Gasteiger partial charge in [-0.25, -0.2) is 0 Å². The molecular formula is C16H26N2O2. The van der Waals surface area contributed by atoms with E-state index < -0.39 is 0 Å². The molecule has 0 bridgehead atoms. The number of carbonyl (C=O) groups is 1. The Labute approximate surface area is 121 Å². The van der Waals surface area contributed by atoms with Crippen molar-refractivity contribution in [1.29, 1.82) is 0 Å². The van der Waals surface area contributed by atoms with Crippen LogP contribution in [0.1, 0.15) is 54.4 Å². The molecule has 0 radical (unpaired) electrons. The van der Waals surface area contributed by atoms with Crippen LogP contribution < -0.4 is 5.32 Å². The second-order valence-electron chi connectivity index (χ2n) is 5.93. The van der Waals surface area contributed by atoms with Gasteiger partial charge in [0.15, 0.2) is 0 Å². The first-order valence-corrected chi connectivity index (χ1v) is 7.66. The number of aryl methyl sites for hydroxylation is 1. The molecule has 20 heavy (non-hydrogen) atoms.